The molecule has 29 heavy (non-hydrogen) atoms. The summed E-state index contributed by atoms with van der Waals surface area (Å²) in [5, 5.41) is 5.07. The van der Waals surface area contributed by atoms with Crippen molar-refractivity contribution in [3.05, 3.63) is 60.6 Å². The van der Waals surface area contributed by atoms with Gasteiger partial charge in [0.2, 0.25) is 5.91 Å². The highest BCUT2D eigenvalue weighted by atomic mass is 32.1. The molecule has 7 nitrogen and oxygen atoms in total. The van der Waals surface area contributed by atoms with Crippen LogP contribution in [0.4, 0.5) is 11.5 Å². The van der Waals surface area contributed by atoms with Crippen molar-refractivity contribution in [2.45, 2.75) is 12.8 Å². The van der Waals surface area contributed by atoms with Crippen LogP contribution < -0.4 is 10.2 Å². The van der Waals surface area contributed by atoms with Crippen LogP contribution in [0.15, 0.2) is 60.6 Å². The largest absolute Gasteiger partial charge is 0.355 e. The maximum absolute atomic E-state index is 12.8. The molecule has 4 heterocycles. The second-order valence-corrected chi connectivity index (χ2v) is 8.01. The van der Waals surface area contributed by atoms with E-state index in [4.69, 9.17) is 0 Å². The second kappa shape index (κ2) is 7.63. The SMILES string of the molecule is O=C(Nc1ccc(-c2cn3ccsc3n2)cc1)C1CCCN(c2cnccn2)C1. The van der Waals surface area contributed by atoms with E-state index in [1.54, 1.807) is 29.9 Å². The summed E-state index contributed by atoms with van der Waals surface area (Å²) >= 11 is 1.61. The third kappa shape index (κ3) is 3.71. The van der Waals surface area contributed by atoms with Gasteiger partial charge in [0.25, 0.3) is 0 Å². The average molecular weight is 404 g/mol. The number of thiazole rings is 1. The second-order valence-electron chi connectivity index (χ2n) is 7.13. The molecule has 0 radical (unpaired) electrons. The van der Waals surface area contributed by atoms with Crippen molar-refractivity contribution in [1.82, 2.24) is 19.4 Å². The Kier molecular flexibility index (Phi) is 4.69. The number of nitrogens with one attached hydrogen (secondary N) is 1. The van der Waals surface area contributed by atoms with E-state index in [0.29, 0.717) is 6.54 Å². The van der Waals surface area contributed by atoms with Gasteiger partial charge in [0.15, 0.2) is 4.96 Å². The Bertz CT molecular complexity index is 1090. The van der Waals surface area contributed by atoms with Crippen LogP contribution in [0.1, 0.15) is 12.8 Å². The topological polar surface area (TPSA) is 75.4 Å². The predicted octanol–water partition coefficient (Wildman–Crippen LogP) is 3.71. The number of carbonyl (C=O) groups is 1. The van der Waals surface area contributed by atoms with E-state index in [1.165, 1.54) is 0 Å². The van der Waals surface area contributed by atoms with Gasteiger partial charge in [0, 0.05) is 54.5 Å². The molecule has 1 aliphatic rings. The van der Waals surface area contributed by atoms with Gasteiger partial charge in [0.1, 0.15) is 5.82 Å². The van der Waals surface area contributed by atoms with E-state index >= 15 is 0 Å². The van der Waals surface area contributed by atoms with Gasteiger partial charge in [-0.1, -0.05) is 12.1 Å². The summed E-state index contributed by atoms with van der Waals surface area (Å²) in [6.07, 6.45) is 11.0. The molecule has 1 saturated heterocycles. The lowest BCUT2D eigenvalue weighted by molar-refractivity contribution is -0.120. The number of piperidine rings is 1. The molecule has 1 fully saturated rings. The third-order valence-electron chi connectivity index (χ3n) is 5.21. The predicted molar refractivity (Wildman–Crippen MR) is 114 cm³/mol. The van der Waals surface area contributed by atoms with Crippen molar-refractivity contribution in [1.29, 1.82) is 0 Å². The number of hydrogen-bond acceptors (Lipinski definition) is 6. The molecule has 5 rings (SSSR count). The van der Waals surface area contributed by atoms with Crippen LogP contribution in [0.2, 0.25) is 0 Å². The van der Waals surface area contributed by atoms with Gasteiger partial charge >= 0.3 is 0 Å². The van der Waals surface area contributed by atoms with E-state index in [1.807, 2.05) is 46.4 Å². The van der Waals surface area contributed by atoms with Gasteiger partial charge < -0.3 is 10.2 Å². The van der Waals surface area contributed by atoms with Gasteiger partial charge in [-0.15, -0.1) is 11.3 Å². The zero-order valence-electron chi connectivity index (χ0n) is 15.7. The lowest BCUT2D eigenvalue weighted by Crippen LogP contribution is -2.41. The lowest BCUT2D eigenvalue weighted by atomic mass is 9.97. The highest BCUT2D eigenvalue weighted by Crippen LogP contribution is 2.25. The third-order valence-corrected chi connectivity index (χ3v) is 5.98. The Morgan fingerprint density at radius 1 is 1.21 bits per heavy atom. The minimum Gasteiger partial charge on any atom is -0.355 e. The number of rotatable bonds is 4. The van der Waals surface area contributed by atoms with Crippen LogP contribution in [-0.2, 0) is 4.79 Å². The number of nitrogens with zero attached hydrogens (tertiary/aromatic N) is 5. The van der Waals surface area contributed by atoms with Gasteiger partial charge in [-0.3, -0.25) is 14.2 Å². The molecule has 0 aliphatic carbocycles. The van der Waals surface area contributed by atoms with E-state index in [9.17, 15) is 4.79 Å². The molecule has 4 aromatic rings. The molecule has 0 saturated carbocycles. The molecule has 8 heteroatoms. The summed E-state index contributed by atoms with van der Waals surface area (Å²) in [7, 11) is 0. The van der Waals surface area contributed by atoms with Crippen LogP contribution in [0.25, 0.3) is 16.2 Å². The van der Waals surface area contributed by atoms with Gasteiger partial charge in [0.05, 0.1) is 17.8 Å². The van der Waals surface area contributed by atoms with Crippen LogP contribution in [0.3, 0.4) is 0 Å². The standard InChI is InChI=1S/C21H20N6OS/c28-20(16-2-1-9-26(13-16)19-12-22-7-8-23-19)24-17-5-3-15(4-6-17)18-14-27-10-11-29-21(27)25-18/h3-8,10-12,14,16H,1-2,9,13H2,(H,24,28). The van der Waals surface area contributed by atoms with Gasteiger partial charge in [-0.25, -0.2) is 9.97 Å². The summed E-state index contributed by atoms with van der Waals surface area (Å²) < 4.78 is 2.02. The minimum absolute atomic E-state index is 0.0499. The molecule has 1 N–H and O–H groups in total. The smallest absolute Gasteiger partial charge is 0.229 e. The normalized spacial score (nSPS) is 16.8. The number of fused-ring (bicyclic) bond motifs is 1. The fourth-order valence-electron chi connectivity index (χ4n) is 3.69. The highest BCUT2D eigenvalue weighted by molar-refractivity contribution is 7.15. The fraction of sp³-hybridized carbons (Fsp3) is 0.238. The lowest BCUT2D eigenvalue weighted by Gasteiger charge is -2.32. The van der Waals surface area contributed by atoms with Crippen LogP contribution in [0.5, 0.6) is 0 Å². The number of carbonyl (C=O) groups excluding carboxylic acids is 1. The maximum Gasteiger partial charge on any atom is 0.229 e. The first-order valence-electron chi connectivity index (χ1n) is 9.61. The molecule has 1 amide bonds. The number of anilines is 2. The van der Waals surface area contributed by atoms with Crippen molar-refractivity contribution in [3.63, 3.8) is 0 Å². The number of hydrogen-bond donors (Lipinski definition) is 1. The molecule has 1 unspecified atom stereocenters. The zero-order valence-corrected chi connectivity index (χ0v) is 16.5. The summed E-state index contributed by atoms with van der Waals surface area (Å²) in [6, 6.07) is 7.86. The summed E-state index contributed by atoms with van der Waals surface area (Å²) in [6.45, 7) is 1.56. The van der Waals surface area contributed by atoms with Crippen molar-refractivity contribution in [2.24, 2.45) is 5.92 Å². The van der Waals surface area contributed by atoms with Gasteiger partial charge in [-0.2, -0.15) is 0 Å². The quantitative estimate of drug-likeness (QED) is 0.561. The number of aromatic nitrogens is 4. The van der Waals surface area contributed by atoms with Gasteiger partial charge in [-0.05, 0) is 25.0 Å². The molecule has 3 aromatic heterocycles. The van der Waals surface area contributed by atoms with Crippen molar-refractivity contribution >= 4 is 33.7 Å². The zero-order chi connectivity index (χ0) is 19.6. The first-order valence-corrected chi connectivity index (χ1v) is 10.5. The van der Waals surface area contributed by atoms with Crippen molar-refractivity contribution in [3.8, 4) is 11.3 Å². The van der Waals surface area contributed by atoms with E-state index in [2.05, 4.69) is 25.2 Å². The summed E-state index contributed by atoms with van der Waals surface area (Å²) in [5.41, 5.74) is 2.77. The Labute approximate surface area is 172 Å². The minimum atomic E-state index is -0.0645. The monoisotopic (exact) mass is 404 g/mol. The average Bonchev–Trinajstić information content (AvgIpc) is 3.37. The van der Waals surface area contributed by atoms with Crippen LogP contribution in [-0.4, -0.2) is 38.3 Å². The number of benzene rings is 1. The van der Waals surface area contributed by atoms with Crippen LogP contribution >= 0.6 is 11.3 Å². The molecular formula is C21H20N6OS. The summed E-state index contributed by atoms with van der Waals surface area (Å²) in [4.78, 5) is 29.0. The molecule has 0 bridgehead atoms. The van der Waals surface area contributed by atoms with Crippen molar-refractivity contribution < 1.29 is 4.79 Å². The Hall–Kier alpha value is -3.26. The van der Waals surface area contributed by atoms with E-state index < -0.39 is 0 Å². The first kappa shape index (κ1) is 17.8. The molecule has 146 valence electrons. The maximum atomic E-state index is 12.8. The summed E-state index contributed by atoms with van der Waals surface area (Å²) in [5.74, 6) is 0.813. The Morgan fingerprint density at radius 3 is 2.90 bits per heavy atom. The number of amides is 1. The number of imidazole rings is 1. The molecule has 1 atom stereocenters. The Morgan fingerprint density at radius 2 is 2.10 bits per heavy atom. The fourth-order valence-corrected chi connectivity index (χ4v) is 4.39. The molecule has 0 spiro atoms. The highest BCUT2D eigenvalue weighted by Gasteiger charge is 2.26. The van der Waals surface area contributed by atoms with Crippen molar-refractivity contribution in [2.75, 3.05) is 23.3 Å². The molecule has 1 aliphatic heterocycles. The molecular weight excluding hydrogens is 384 g/mol. The first-order chi connectivity index (χ1) is 14.3. The van der Waals surface area contributed by atoms with E-state index in [0.717, 1.165) is 47.1 Å². The van der Waals surface area contributed by atoms with E-state index in [-0.39, 0.29) is 11.8 Å². The molecule has 1 aromatic carbocycles. The van der Waals surface area contributed by atoms with Crippen LogP contribution in [0, 0.1) is 5.92 Å². The Balaban J connectivity index is 1.25.